The van der Waals surface area contributed by atoms with Crippen molar-refractivity contribution in [2.75, 3.05) is 13.7 Å². The van der Waals surface area contributed by atoms with Crippen molar-refractivity contribution in [3.05, 3.63) is 71.9 Å². The van der Waals surface area contributed by atoms with Crippen LogP contribution in [0.2, 0.25) is 0 Å². The Balaban J connectivity index is 1.88. The Morgan fingerprint density at radius 1 is 1.03 bits per heavy atom. The summed E-state index contributed by atoms with van der Waals surface area (Å²) >= 11 is 0. The minimum atomic E-state index is -0.731. The van der Waals surface area contributed by atoms with Gasteiger partial charge in [-0.3, -0.25) is 10.1 Å². The molecule has 148 valence electrons. The van der Waals surface area contributed by atoms with Crippen LogP contribution in [0.3, 0.4) is 0 Å². The van der Waals surface area contributed by atoms with Crippen LogP contribution in [0.25, 0.3) is 16.9 Å². The number of imide groups is 1. The van der Waals surface area contributed by atoms with Crippen LogP contribution in [0.4, 0.5) is 4.79 Å². The summed E-state index contributed by atoms with van der Waals surface area (Å²) in [5, 5.41) is 8.82. The number of carbonyl (C=O) groups excluding carboxylic acids is 3. The van der Waals surface area contributed by atoms with Gasteiger partial charge in [0.2, 0.25) is 0 Å². The summed E-state index contributed by atoms with van der Waals surface area (Å²) < 4.78 is 6.67. The Hall–Kier alpha value is -3.94. The smallest absolute Gasteiger partial charge is 0.342 e. The lowest BCUT2D eigenvalue weighted by atomic mass is 10.1. The van der Waals surface area contributed by atoms with E-state index in [9.17, 15) is 14.4 Å². The quantitative estimate of drug-likeness (QED) is 0.650. The van der Waals surface area contributed by atoms with Gasteiger partial charge in [-0.2, -0.15) is 5.10 Å². The predicted octanol–water partition coefficient (Wildman–Crippen LogP) is 2.46. The molecule has 2 aromatic carbocycles. The minimum absolute atomic E-state index is 0.213. The average molecular weight is 392 g/mol. The molecule has 0 atom stereocenters. The van der Waals surface area contributed by atoms with Crippen LogP contribution < -0.4 is 10.6 Å². The molecule has 3 rings (SSSR count). The summed E-state index contributed by atoms with van der Waals surface area (Å²) in [6.07, 6.45) is 1.56. The van der Waals surface area contributed by atoms with Crippen molar-refractivity contribution in [2.45, 2.75) is 6.92 Å². The van der Waals surface area contributed by atoms with E-state index in [0.717, 1.165) is 16.8 Å². The number of hydrogen-bond donors (Lipinski definition) is 2. The molecule has 0 radical (unpaired) electrons. The number of ether oxygens (including phenoxy) is 1. The second kappa shape index (κ2) is 8.83. The highest BCUT2D eigenvalue weighted by atomic mass is 16.5. The molecule has 3 aromatic rings. The molecule has 8 nitrogen and oxygen atoms in total. The van der Waals surface area contributed by atoms with E-state index in [1.54, 1.807) is 10.9 Å². The molecule has 0 saturated heterocycles. The lowest BCUT2D eigenvalue weighted by Crippen LogP contribution is -2.39. The molecule has 8 heteroatoms. The number of benzene rings is 2. The fourth-order valence-corrected chi connectivity index (χ4v) is 2.59. The molecule has 0 aliphatic heterocycles. The zero-order valence-corrected chi connectivity index (χ0v) is 16.0. The van der Waals surface area contributed by atoms with Crippen LogP contribution in [0, 0.1) is 6.92 Å². The van der Waals surface area contributed by atoms with Crippen molar-refractivity contribution >= 4 is 17.9 Å². The number of carbonyl (C=O) groups is 3. The summed E-state index contributed by atoms with van der Waals surface area (Å²) in [7, 11) is 1.38. The van der Waals surface area contributed by atoms with Gasteiger partial charge >= 0.3 is 12.0 Å². The Bertz CT molecular complexity index is 1030. The molecule has 0 saturated carbocycles. The first-order valence-electron chi connectivity index (χ1n) is 8.88. The first-order valence-corrected chi connectivity index (χ1v) is 8.88. The Labute approximate surface area is 167 Å². The van der Waals surface area contributed by atoms with Crippen molar-refractivity contribution in [3.8, 4) is 16.9 Å². The molecule has 1 heterocycles. The highest BCUT2D eigenvalue weighted by molar-refractivity contribution is 5.99. The third kappa shape index (κ3) is 4.86. The van der Waals surface area contributed by atoms with E-state index in [2.05, 4.69) is 10.4 Å². The molecule has 0 unspecified atom stereocenters. The molecular formula is C21H20N4O4. The highest BCUT2D eigenvalue weighted by Gasteiger charge is 2.21. The number of hydrogen-bond acceptors (Lipinski definition) is 5. The second-order valence-electron chi connectivity index (χ2n) is 6.24. The number of rotatable bonds is 5. The van der Waals surface area contributed by atoms with E-state index in [0.29, 0.717) is 5.69 Å². The van der Waals surface area contributed by atoms with Gasteiger partial charge < -0.3 is 10.1 Å². The van der Waals surface area contributed by atoms with Gasteiger partial charge in [-0.25, -0.2) is 14.3 Å². The Morgan fingerprint density at radius 2 is 1.72 bits per heavy atom. The standard InChI is InChI=1S/C21H20N4O4/c1-14-8-10-15(11-9-14)19-17(12-25(24-19)16-6-4-3-5-7-16)20(27)29-13-18(26)23-21(28)22-2/h3-12H,13H2,1-2H3,(H2,22,23,26,28). The van der Waals surface area contributed by atoms with E-state index in [4.69, 9.17) is 4.74 Å². The fraction of sp³-hybridized carbons (Fsp3) is 0.143. The maximum Gasteiger partial charge on any atom is 0.342 e. The van der Waals surface area contributed by atoms with Gasteiger partial charge in [0, 0.05) is 18.8 Å². The number of urea groups is 1. The summed E-state index contributed by atoms with van der Waals surface area (Å²) in [5.74, 6) is -1.44. The molecule has 1 aromatic heterocycles. The fourth-order valence-electron chi connectivity index (χ4n) is 2.59. The first-order chi connectivity index (χ1) is 14.0. The minimum Gasteiger partial charge on any atom is -0.452 e. The van der Waals surface area contributed by atoms with E-state index in [1.165, 1.54) is 7.05 Å². The van der Waals surface area contributed by atoms with Crippen molar-refractivity contribution in [1.82, 2.24) is 20.4 Å². The number of nitrogens with one attached hydrogen (secondary N) is 2. The zero-order chi connectivity index (χ0) is 20.8. The van der Waals surface area contributed by atoms with Gasteiger partial charge in [0.05, 0.1) is 5.69 Å². The van der Waals surface area contributed by atoms with E-state index >= 15 is 0 Å². The van der Waals surface area contributed by atoms with Crippen LogP contribution in [0.1, 0.15) is 15.9 Å². The number of esters is 1. The lowest BCUT2D eigenvalue weighted by molar-refractivity contribution is -0.123. The van der Waals surface area contributed by atoms with E-state index < -0.39 is 24.5 Å². The van der Waals surface area contributed by atoms with Crippen LogP contribution >= 0.6 is 0 Å². The maximum atomic E-state index is 12.7. The highest BCUT2D eigenvalue weighted by Crippen LogP contribution is 2.25. The monoisotopic (exact) mass is 392 g/mol. The molecule has 29 heavy (non-hydrogen) atoms. The third-order valence-corrected chi connectivity index (χ3v) is 4.09. The topological polar surface area (TPSA) is 102 Å². The number of nitrogens with zero attached hydrogens (tertiary/aromatic N) is 2. The number of para-hydroxylation sites is 1. The summed E-state index contributed by atoms with van der Waals surface area (Å²) in [6, 6.07) is 16.2. The molecule has 0 aliphatic carbocycles. The van der Waals surface area contributed by atoms with Crippen molar-refractivity contribution in [2.24, 2.45) is 0 Å². The van der Waals surface area contributed by atoms with Gasteiger partial charge in [0.25, 0.3) is 5.91 Å². The lowest BCUT2D eigenvalue weighted by Gasteiger charge is -2.06. The Kier molecular flexibility index (Phi) is 6.03. The number of aromatic nitrogens is 2. The second-order valence-corrected chi connectivity index (χ2v) is 6.24. The van der Waals surface area contributed by atoms with Gasteiger partial charge in [-0.05, 0) is 19.1 Å². The first kappa shape index (κ1) is 19.8. The van der Waals surface area contributed by atoms with E-state index in [-0.39, 0.29) is 5.56 Å². The maximum absolute atomic E-state index is 12.7. The summed E-state index contributed by atoms with van der Waals surface area (Å²) in [4.78, 5) is 35.5. The van der Waals surface area contributed by atoms with Gasteiger partial charge in [-0.15, -0.1) is 0 Å². The predicted molar refractivity (Wildman–Crippen MR) is 107 cm³/mol. The van der Waals surface area contributed by atoms with Crippen molar-refractivity contribution in [3.63, 3.8) is 0 Å². The van der Waals surface area contributed by atoms with Crippen molar-refractivity contribution < 1.29 is 19.1 Å². The normalized spacial score (nSPS) is 10.3. The molecule has 0 bridgehead atoms. The molecule has 0 aliphatic rings. The molecular weight excluding hydrogens is 372 g/mol. The summed E-state index contributed by atoms with van der Waals surface area (Å²) in [6.45, 7) is 1.38. The van der Waals surface area contributed by atoms with Gasteiger partial charge in [0.15, 0.2) is 6.61 Å². The zero-order valence-electron chi connectivity index (χ0n) is 16.0. The number of amides is 3. The Morgan fingerprint density at radius 3 is 2.38 bits per heavy atom. The number of aryl methyl sites for hydroxylation is 1. The SMILES string of the molecule is CNC(=O)NC(=O)COC(=O)c1cn(-c2ccccc2)nc1-c1ccc(C)cc1. The van der Waals surface area contributed by atoms with Crippen LogP contribution in [0.15, 0.2) is 60.8 Å². The molecule has 0 spiro atoms. The van der Waals surface area contributed by atoms with Crippen LogP contribution in [0.5, 0.6) is 0 Å². The van der Waals surface area contributed by atoms with Crippen LogP contribution in [-0.2, 0) is 9.53 Å². The third-order valence-electron chi connectivity index (χ3n) is 4.09. The van der Waals surface area contributed by atoms with Crippen LogP contribution in [-0.4, -0.2) is 41.3 Å². The average Bonchev–Trinajstić information content (AvgIpc) is 3.18. The molecule has 3 amide bonds. The summed E-state index contributed by atoms with van der Waals surface area (Å²) in [5.41, 5.74) is 3.24. The molecule has 2 N–H and O–H groups in total. The van der Waals surface area contributed by atoms with Gasteiger partial charge in [0.1, 0.15) is 11.3 Å². The van der Waals surface area contributed by atoms with E-state index in [1.807, 2.05) is 66.8 Å². The van der Waals surface area contributed by atoms with Gasteiger partial charge in [-0.1, -0.05) is 48.0 Å². The molecule has 0 fully saturated rings. The largest absolute Gasteiger partial charge is 0.452 e. The van der Waals surface area contributed by atoms with Crippen molar-refractivity contribution in [1.29, 1.82) is 0 Å².